The van der Waals surface area contributed by atoms with Gasteiger partial charge in [-0.1, -0.05) is 39.3 Å². The zero-order valence-corrected chi connectivity index (χ0v) is 13.5. The maximum Gasteiger partial charge on any atom is 0.341 e. The molecule has 0 heterocycles. The van der Waals surface area contributed by atoms with Crippen LogP contribution in [0.5, 0.6) is 5.75 Å². The van der Waals surface area contributed by atoms with E-state index in [2.05, 4.69) is 26.1 Å². The normalized spacial score (nSPS) is 12.0. The number of carboxylic acids is 1. The smallest absolute Gasteiger partial charge is 0.341 e. The summed E-state index contributed by atoms with van der Waals surface area (Å²) in [7, 11) is 0. The molecule has 1 amide bonds. The van der Waals surface area contributed by atoms with Gasteiger partial charge in [0.05, 0.1) is 0 Å². The molecule has 0 aromatic heterocycles. The van der Waals surface area contributed by atoms with Gasteiger partial charge in [0.2, 0.25) is 5.91 Å². The molecule has 0 aliphatic rings. The Morgan fingerprint density at radius 1 is 1.32 bits per heavy atom. The maximum absolute atomic E-state index is 12.0. The van der Waals surface area contributed by atoms with E-state index in [1.165, 1.54) is 0 Å². The summed E-state index contributed by atoms with van der Waals surface area (Å²) in [5, 5.41) is 11.5. The van der Waals surface area contributed by atoms with Gasteiger partial charge in [0.1, 0.15) is 5.75 Å². The largest absolute Gasteiger partial charge is 0.482 e. The molecule has 1 aromatic rings. The molecule has 2 N–H and O–H groups in total. The molecular weight excluding hydrogens is 282 g/mol. The van der Waals surface area contributed by atoms with Crippen LogP contribution in [0.15, 0.2) is 24.3 Å². The van der Waals surface area contributed by atoms with Crippen molar-refractivity contribution in [2.45, 2.75) is 40.2 Å². The molecule has 22 heavy (non-hydrogen) atoms. The average Bonchev–Trinajstić information content (AvgIpc) is 2.48. The molecule has 0 radical (unpaired) electrons. The van der Waals surface area contributed by atoms with Crippen LogP contribution in [0.4, 0.5) is 0 Å². The van der Waals surface area contributed by atoms with Gasteiger partial charge in [0.15, 0.2) is 6.61 Å². The third-order valence-corrected chi connectivity index (χ3v) is 3.67. The number of amides is 1. The van der Waals surface area contributed by atoms with Gasteiger partial charge in [-0.3, -0.25) is 4.79 Å². The van der Waals surface area contributed by atoms with Crippen LogP contribution >= 0.6 is 0 Å². The van der Waals surface area contributed by atoms with Crippen LogP contribution in [0.3, 0.4) is 0 Å². The highest BCUT2D eigenvalue weighted by Crippen LogP contribution is 2.19. The Bertz CT molecular complexity index is 499. The number of aliphatic carboxylic acids is 1. The van der Waals surface area contributed by atoms with Gasteiger partial charge in [0.25, 0.3) is 0 Å². The molecule has 122 valence electrons. The van der Waals surface area contributed by atoms with Gasteiger partial charge in [-0.15, -0.1) is 0 Å². The number of rotatable bonds is 9. The van der Waals surface area contributed by atoms with Crippen LogP contribution in [0.1, 0.15) is 39.2 Å². The van der Waals surface area contributed by atoms with Gasteiger partial charge in [-0.05, 0) is 29.5 Å². The molecule has 0 aliphatic heterocycles. The molecule has 0 spiro atoms. The lowest BCUT2D eigenvalue weighted by atomic mass is 9.90. The van der Waals surface area contributed by atoms with Crippen molar-refractivity contribution in [3.63, 3.8) is 0 Å². The number of nitrogens with one attached hydrogen (secondary N) is 1. The molecule has 0 bridgehead atoms. The van der Waals surface area contributed by atoms with Crippen molar-refractivity contribution in [3.05, 3.63) is 29.8 Å². The summed E-state index contributed by atoms with van der Waals surface area (Å²) < 4.78 is 5.12. The number of hydrogen-bond acceptors (Lipinski definition) is 3. The molecule has 0 fully saturated rings. The molecule has 0 saturated heterocycles. The lowest BCUT2D eigenvalue weighted by Gasteiger charge is -2.18. The molecule has 1 rings (SSSR count). The number of carbonyl (C=O) groups is 2. The van der Waals surface area contributed by atoms with E-state index in [9.17, 15) is 9.59 Å². The number of carboxylic acid groups (broad SMARTS) is 1. The molecule has 1 atom stereocenters. The van der Waals surface area contributed by atoms with E-state index in [1.54, 1.807) is 18.2 Å². The molecule has 1 aromatic carbocycles. The molecular formula is C17H25NO4. The second-order valence-corrected chi connectivity index (χ2v) is 5.72. The summed E-state index contributed by atoms with van der Waals surface area (Å²) >= 11 is 0. The first-order valence-electron chi connectivity index (χ1n) is 7.62. The van der Waals surface area contributed by atoms with E-state index in [1.807, 2.05) is 6.07 Å². The summed E-state index contributed by atoms with van der Waals surface area (Å²) in [5.74, 6) is 0.395. The predicted octanol–water partition coefficient (Wildman–Crippen LogP) is 2.84. The average molecular weight is 307 g/mol. The van der Waals surface area contributed by atoms with Crippen molar-refractivity contribution < 1.29 is 19.4 Å². The first-order chi connectivity index (χ1) is 10.4. The van der Waals surface area contributed by atoms with Crippen molar-refractivity contribution in [2.24, 2.45) is 11.8 Å². The highest BCUT2D eigenvalue weighted by atomic mass is 16.5. The standard InChI is InChI=1S/C17H25NO4/c1-4-14(12(2)3)9-16(19)18-10-13-6-5-7-15(8-13)22-11-17(20)21/h5-8,12,14H,4,9-11H2,1-3H3,(H,18,19)(H,20,21). The van der Waals surface area contributed by atoms with Crippen LogP contribution in [0, 0.1) is 11.8 Å². The van der Waals surface area contributed by atoms with E-state index in [4.69, 9.17) is 9.84 Å². The number of carbonyl (C=O) groups excluding carboxylic acids is 1. The van der Waals surface area contributed by atoms with Crippen molar-refractivity contribution >= 4 is 11.9 Å². The zero-order chi connectivity index (χ0) is 16.5. The Morgan fingerprint density at radius 3 is 2.64 bits per heavy atom. The Balaban J connectivity index is 2.48. The van der Waals surface area contributed by atoms with Crippen LogP contribution in [-0.4, -0.2) is 23.6 Å². The van der Waals surface area contributed by atoms with Gasteiger partial charge in [0, 0.05) is 13.0 Å². The Hall–Kier alpha value is -2.04. The van der Waals surface area contributed by atoms with Crippen molar-refractivity contribution in [1.82, 2.24) is 5.32 Å². The Kier molecular flexibility index (Phi) is 7.43. The zero-order valence-electron chi connectivity index (χ0n) is 13.5. The van der Waals surface area contributed by atoms with E-state index in [0.717, 1.165) is 12.0 Å². The second kappa shape index (κ2) is 9.07. The maximum atomic E-state index is 12.0. The molecule has 0 saturated carbocycles. The summed E-state index contributed by atoms with van der Waals surface area (Å²) in [5.41, 5.74) is 0.883. The minimum absolute atomic E-state index is 0.0393. The summed E-state index contributed by atoms with van der Waals surface area (Å²) in [4.78, 5) is 22.4. The van der Waals surface area contributed by atoms with Gasteiger partial charge < -0.3 is 15.2 Å². The van der Waals surface area contributed by atoms with Gasteiger partial charge in [-0.25, -0.2) is 4.79 Å². The van der Waals surface area contributed by atoms with E-state index >= 15 is 0 Å². The third kappa shape index (κ3) is 6.61. The first-order valence-corrected chi connectivity index (χ1v) is 7.62. The molecule has 5 nitrogen and oxygen atoms in total. The second-order valence-electron chi connectivity index (χ2n) is 5.72. The lowest BCUT2D eigenvalue weighted by Crippen LogP contribution is -2.26. The first kappa shape index (κ1) is 18.0. The number of benzene rings is 1. The summed E-state index contributed by atoms with van der Waals surface area (Å²) in [6.07, 6.45) is 1.52. The van der Waals surface area contributed by atoms with Crippen molar-refractivity contribution in [3.8, 4) is 5.75 Å². The number of hydrogen-bond donors (Lipinski definition) is 2. The van der Waals surface area contributed by atoms with Gasteiger partial charge >= 0.3 is 5.97 Å². The predicted molar refractivity (Wildman–Crippen MR) is 84.7 cm³/mol. The number of ether oxygens (including phenoxy) is 1. The highest BCUT2D eigenvalue weighted by molar-refractivity contribution is 5.76. The van der Waals surface area contributed by atoms with Gasteiger partial charge in [-0.2, -0.15) is 0 Å². The van der Waals surface area contributed by atoms with Crippen molar-refractivity contribution in [2.75, 3.05) is 6.61 Å². The van der Waals surface area contributed by atoms with Crippen LogP contribution in [-0.2, 0) is 16.1 Å². The fraction of sp³-hybridized carbons (Fsp3) is 0.529. The third-order valence-electron chi connectivity index (χ3n) is 3.67. The van der Waals surface area contributed by atoms with Crippen LogP contribution in [0.2, 0.25) is 0 Å². The highest BCUT2D eigenvalue weighted by Gasteiger charge is 2.15. The molecule has 5 heteroatoms. The van der Waals surface area contributed by atoms with E-state index in [0.29, 0.717) is 30.6 Å². The molecule has 1 unspecified atom stereocenters. The lowest BCUT2D eigenvalue weighted by molar-refractivity contribution is -0.139. The Labute approximate surface area is 131 Å². The minimum Gasteiger partial charge on any atom is -0.482 e. The van der Waals surface area contributed by atoms with E-state index in [-0.39, 0.29) is 12.5 Å². The fourth-order valence-electron chi connectivity index (χ4n) is 2.25. The molecule has 0 aliphatic carbocycles. The van der Waals surface area contributed by atoms with Crippen LogP contribution in [0.25, 0.3) is 0 Å². The quantitative estimate of drug-likeness (QED) is 0.735. The summed E-state index contributed by atoms with van der Waals surface area (Å²) in [6, 6.07) is 7.08. The van der Waals surface area contributed by atoms with Crippen molar-refractivity contribution in [1.29, 1.82) is 0 Å². The fourth-order valence-corrected chi connectivity index (χ4v) is 2.25. The topological polar surface area (TPSA) is 75.6 Å². The van der Waals surface area contributed by atoms with Crippen LogP contribution < -0.4 is 10.1 Å². The van der Waals surface area contributed by atoms with E-state index < -0.39 is 5.97 Å². The Morgan fingerprint density at radius 2 is 2.05 bits per heavy atom. The minimum atomic E-state index is -1.02. The SMILES string of the molecule is CCC(CC(=O)NCc1cccc(OCC(=O)O)c1)C(C)C. The monoisotopic (exact) mass is 307 g/mol. The summed E-state index contributed by atoms with van der Waals surface area (Å²) in [6.45, 7) is 6.40.